The second kappa shape index (κ2) is 6.60. The molecule has 0 aliphatic carbocycles. The molecule has 3 nitrogen and oxygen atoms in total. The number of aromatic nitrogens is 1. The predicted molar refractivity (Wildman–Crippen MR) is 74.5 cm³/mol. The lowest BCUT2D eigenvalue weighted by Crippen LogP contribution is -2.25. The average Bonchev–Trinajstić information content (AvgIpc) is 2.27. The highest BCUT2D eigenvalue weighted by Crippen LogP contribution is 2.20. The Morgan fingerprint density at radius 3 is 2.71 bits per heavy atom. The lowest BCUT2D eigenvalue weighted by molar-refractivity contribution is 0.587. The third-order valence-electron chi connectivity index (χ3n) is 2.77. The fourth-order valence-electron chi connectivity index (χ4n) is 1.84. The Morgan fingerprint density at radius 2 is 2.12 bits per heavy atom. The van der Waals surface area contributed by atoms with Gasteiger partial charge in [0.1, 0.15) is 0 Å². The van der Waals surface area contributed by atoms with Gasteiger partial charge in [-0.15, -0.1) is 0 Å². The molecule has 0 aromatic carbocycles. The normalized spacial score (nSPS) is 10.9. The van der Waals surface area contributed by atoms with Gasteiger partial charge in [-0.2, -0.15) is 0 Å². The Kier molecular flexibility index (Phi) is 5.42. The molecule has 0 bridgehead atoms. The van der Waals surface area contributed by atoms with Crippen LogP contribution in [0.4, 0.5) is 5.69 Å². The highest BCUT2D eigenvalue weighted by atomic mass is 15.1. The number of nitrogens with zero attached hydrogens (tertiary/aromatic N) is 2. The maximum atomic E-state index is 4.39. The van der Waals surface area contributed by atoms with Crippen LogP contribution in [-0.4, -0.2) is 24.6 Å². The standard InChI is InChI=1S/C14H25N3/c1-6-7-17(5)14-8-12(4)16-10-13(14)9-15-11(2)3/h8,10-11,15H,6-7,9H2,1-5H3. The first-order valence-corrected chi connectivity index (χ1v) is 6.44. The molecule has 17 heavy (non-hydrogen) atoms. The zero-order chi connectivity index (χ0) is 12.8. The van der Waals surface area contributed by atoms with Crippen LogP contribution in [0.1, 0.15) is 38.4 Å². The quantitative estimate of drug-likeness (QED) is 0.821. The molecule has 0 atom stereocenters. The fourth-order valence-corrected chi connectivity index (χ4v) is 1.84. The smallest absolute Gasteiger partial charge is 0.0442 e. The molecular formula is C14H25N3. The minimum atomic E-state index is 0.501. The molecule has 1 aromatic heterocycles. The van der Waals surface area contributed by atoms with Gasteiger partial charge in [0.2, 0.25) is 0 Å². The molecule has 0 saturated carbocycles. The van der Waals surface area contributed by atoms with Gasteiger partial charge in [0, 0.05) is 49.3 Å². The molecule has 1 heterocycles. The molecule has 0 radical (unpaired) electrons. The van der Waals surface area contributed by atoms with Gasteiger partial charge in [-0.05, 0) is 19.4 Å². The van der Waals surface area contributed by atoms with E-state index in [2.05, 4.69) is 49.1 Å². The van der Waals surface area contributed by atoms with Crippen molar-refractivity contribution in [2.24, 2.45) is 0 Å². The Labute approximate surface area is 105 Å². The number of nitrogens with one attached hydrogen (secondary N) is 1. The summed E-state index contributed by atoms with van der Waals surface area (Å²) in [4.78, 5) is 6.71. The molecule has 1 rings (SSSR count). The second-order valence-electron chi connectivity index (χ2n) is 4.91. The van der Waals surface area contributed by atoms with Crippen molar-refractivity contribution in [2.75, 3.05) is 18.5 Å². The molecule has 0 spiro atoms. The number of aryl methyl sites for hydroxylation is 1. The number of hydrogen-bond donors (Lipinski definition) is 1. The molecule has 0 aliphatic heterocycles. The number of hydrogen-bond acceptors (Lipinski definition) is 3. The van der Waals surface area contributed by atoms with Crippen LogP contribution < -0.4 is 10.2 Å². The van der Waals surface area contributed by atoms with Crippen LogP contribution in [0.3, 0.4) is 0 Å². The van der Waals surface area contributed by atoms with Crippen LogP contribution in [0.2, 0.25) is 0 Å². The summed E-state index contributed by atoms with van der Waals surface area (Å²) in [7, 11) is 2.15. The van der Waals surface area contributed by atoms with Gasteiger partial charge in [0.25, 0.3) is 0 Å². The summed E-state index contributed by atoms with van der Waals surface area (Å²) in [6, 6.07) is 2.67. The van der Waals surface area contributed by atoms with Crippen molar-refractivity contribution < 1.29 is 0 Å². The molecule has 0 amide bonds. The van der Waals surface area contributed by atoms with E-state index in [0.29, 0.717) is 6.04 Å². The van der Waals surface area contributed by atoms with Gasteiger partial charge in [0.15, 0.2) is 0 Å². The molecule has 3 heteroatoms. The van der Waals surface area contributed by atoms with Crippen LogP contribution in [0.5, 0.6) is 0 Å². The van der Waals surface area contributed by atoms with Crippen molar-refractivity contribution in [3.63, 3.8) is 0 Å². The maximum absolute atomic E-state index is 4.39. The van der Waals surface area contributed by atoms with Crippen molar-refractivity contribution in [1.29, 1.82) is 0 Å². The summed E-state index contributed by atoms with van der Waals surface area (Å²) in [6.45, 7) is 10.5. The van der Waals surface area contributed by atoms with Crippen molar-refractivity contribution in [1.82, 2.24) is 10.3 Å². The van der Waals surface area contributed by atoms with Crippen LogP contribution in [0.15, 0.2) is 12.3 Å². The summed E-state index contributed by atoms with van der Waals surface area (Å²) in [5.74, 6) is 0. The topological polar surface area (TPSA) is 28.2 Å². The van der Waals surface area contributed by atoms with E-state index in [9.17, 15) is 0 Å². The van der Waals surface area contributed by atoms with Crippen molar-refractivity contribution >= 4 is 5.69 Å². The third kappa shape index (κ3) is 4.35. The summed E-state index contributed by atoms with van der Waals surface area (Å²) < 4.78 is 0. The van der Waals surface area contributed by atoms with Gasteiger partial charge >= 0.3 is 0 Å². The lowest BCUT2D eigenvalue weighted by Gasteiger charge is -2.22. The van der Waals surface area contributed by atoms with Crippen LogP contribution in [0.25, 0.3) is 0 Å². The Balaban J connectivity index is 2.87. The summed E-state index contributed by atoms with van der Waals surface area (Å²) >= 11 is 0. The van der Waals surface area contributed by atoms with E-state index in [1.165, 1.54) is 11.3 Å². The lowest BCUT2D eigenvalue weighted by atomic mass is 10.1. The summed E-state index contributed by atoms with van der Waals surface area (Å²) in [6.07, 6.45) is 3.15. The molecule has 1 N–H and O–H groups in total. The summed E-state index contributed by atoms with van der Waals surface area (Å²) in [5, 5.41) is 3.45. The number of anilines is 1. The zero-order valence-corrected chi connectivity index (χ0v) is 11.7. The van der Waals surface area contributed by atoms with Crippen molar-refractivity contribution in [3.8, 4) is 0 Å². The Hall–Kier alpha value is -1.09. The average molecular weight is 235 g/mol. The largest absolute Gasteiger partial charge is 0.374 e. The van der Waals surface area contributed by atoms with Gasteiger partial charge in [-0.25, -0.2) is 0 Å². The van der Waals surface area contributed by atoms with Crippen LogP contribution in [0, 0.1) is 6.92 Å². The van der Waals surface area contributed by atoms with Crippen LogP contribution >= 0.6 is 0 Å². The highest BCUT2D eigenvalue weighted by Gasteiger charge is 2.08. The molecule has 0 fully saturated rings. The Bertz CT molecular complexity index is 347. The number of rotatable bonds is 6. The highest BCUT2D eigenvalue weighted by molar-refractivity contribution is 5.53. The monoisotopic (exact) mass is 235 g/mol. The molecular weight excluding hydrogens is 210 g/mol. The van der Waals surface area contributed by atoms with Gasteiger partial charge in [-0.3, -0.25) is 4.98 Å². The molecule has 0 aliphatic rings. The van der Waals surface area contributed by atoms with Gasteiger partial charge < -0.3 is 10.2 Å². The van der Waals surface area contributed by atoms with E-state index in [4.69, 9.17) is 0 Å². The molecule has 1 aromatic rings. The maximum Gasteiger partial charge on any atom is 0.0442 e. The third-order valence-corrected chi connectivity index (χ3v) is 2.77. The van der Waals surface area contributed by atoms with E-state index in [0.717, 1.165) is 25.2 Å². The minimum absolute atomic E-state index is 0.501. The van der Waals surface area contributed by atoms with Crippen molar-refractivity contribution in [2.45, 2.75) is 46.7 Å². The van der Waals surface area contributed by atoms with Crippen LogP contribution in [-0.2, 0) is 6.54 Å². The minimum Gasteiger partial charge on any atom is -0.374 e. The molecule has 96 valence electrons. The molecule has 0 unspecified atom stereocenters. The fraction of sp³-hybridized carbons (Fsp3) is 0.643. The molecule has 0 saturated heterocycles. The summed E-state index contributed by atoms with van der Waals surface area (Å²) in [5.41, 5.74) is 3.66. The zero-order valence-electron chi connectivity index (χ0n) is 11.7. The van der Waals surface area contributed by atoms with Crippen molar-refractivity contribution in [3.05, 3.63) is 23.5 Å². The first-order valence-electron chi connectivity index (χ1n) is 6.44. The van der Waals surface area contributed by atoms with E-state index in [1.807, 2.05) is 13.1 Å². The van der Waals surface area contributed by atoms with E-state index in [1.54, 1.807) is 0 Å². The van der Waals surface area contributed by atoms with E-state index < -0.39 is 0 Å². The van der Waals surface area contributed by atoms with E-state index in [-0.39, 0.29) is 0 Å². The number of pyridine rings is 1. The van der Waals surface area contributed by atoms with E-state index >= 15 is 0 Å². The first kappa shape index (κ1) is 14.0. The predicted octanol–water partition coefficient (Wildman–Crippen LogP) is 2.73. The van der Waals surface area contributed by atoms with Gasteiger partial charge in [-0.1, -0.05) is 20.8 Å². The second-order valence-corrected chi connectivity index (χ2v) is 4.91. The van der Waals surface area contributed by atoms with Gasteiger partial charge in [0.05, 0.1) is 0 Å². The SMILES string of the molecule is CCCN(C)c1cc(C)ncc1CNC(C)C. The Morgan fingerprint density at radius 1 is 1.41 bits per heavy atom. The first-order chi connectivity index (χ1) is 8.04.